The molecule has 4 aliphatic heterocycles. The van der Waals surface area contributed by atoms with E-state index < -0.39 is 0 Å². The Morgan fingerprint density at radius 3 is 1.79 bits per heavy atom. The molecule has 0 aliphatic carbocycles. The molecule has 0 aromatic heterocycles. The molecule has 4 bridgehead atoms. The zero-order valence-electron chi connectivity index (χ0n) is 14.5. The average Bonchev–Trinajstić information content (AvgIpc) is 2.57. The van der Waals surface area contributed by atoms with Gasteiger partial charge in [-0.1, -0.05) is 0 Å². The second kappa shape index (κ2) is 5.91. The van der Waals surface area contributed by atoms with E-state index in [4.69, 9.17) is 19.2 Å². The van der Waals surface area contributed by atoms with Crippen LogP contribution in [-0.4, -0.2) is 87.4 Å². The minimum Gasteiger partial charge on any atom is -0.493 e. The van der Waals surface area contributed by atoms with E-state index in [1.807, 2.05) is 18.3 Å². The zero-order valence-corrected chi connectivity index (χ0v) is 14.5. The first kappa shape index (κ1) is 15.7. The second-order valence-electron chi connectivity index (χ2n) is 6.85. The molecule has 0 atom stereocenters. The van der Waals surface area contributed by atoms with E-state index >= 15 is 0 Å². The summed E-state index contributed by atoms with van der Waals surface area (Å²) in [5.74, 6) is 1.91. The lowest BCUT2D eigenvalue weighted by Gasteiger charge is -2.59. The Hall–Kier alpha value is -1.83. The standard InChI is InChI=1S/C17H24N4O3/c1-22-14-4-13(5-15(23-2)16(14)24-3)6-18-17-7-19-10-20(8-17)12-21(9-17)11-19/h4-6H,7-12H2,1-3H3. The van der Waals surface area contributed by atoms with E-state index in [1.165, 1.54) is 0 Å². The molecule has 1 aromatic rings. The third-order valence-electron chi connectivity index (χ3n) is 4.93. The second-order valence-corrected chi connectivity index (χ2v) is 6.85. The SMILES string of the molecule is COc1cc(C=NC23CN4CN(CN(C4)C2)C3)cc(OC)c1OC. The molecule has 4 saturated heterocycles. The predicted octanol–water partition coefficient (Wildman–Crippen LogP) is 0.689. The summed E-state index contributed by atoms with van der Waals surface area (Å²) in [4.78, 5) is 12.4. The smallest absolute Gasteiger partial charge is 0.203 e. The molecule has 0 spiro atoms. The van der Waals surface area contributed by atoms with Gasteiger partial charge < -0.3 is 14.2 Å². The van der Waals surface area contributed by atoms with Gasteiger partial charge >= 0.3 is 0 Å². The van der Waals surface area contributed by atoms with E-state index in [0.717, 1.165) is 45.2 Å². The Labute approximate surface area is 142 Å². The highest BCUT2D eigenvalue weighted by Crippen LogP contribution is 2.38. The summed E-state index contributed by atoms with van der Waals surface area (Å²) in [6.45, 7) is 6.29. The maximum atomic E-state index is 5.42. The Bertz CT molecular complexity index is 601. The summed E-state index contributed by atoms with van der Waals surface area (Å²) in [6, 6.07) is 3.87. The molecule has 24 heavy (non-hydrogen) atoms. The molecule has 0 N–H and O–H groups in total. The minimum atomic E-state index is -0.0326. The Balaban J connectivity index is 1.62. The number of ether oxygens (including phenoxy) is 3. The number of aliphatic imine (C=N–C) groups is 1. The van der Waals surface area contributed by atoms with Gasteiger partial charge in [-0.05, 0) is 17.7 Å². The maximum absolute atomic E-state index is 5.42. The summed E-state index contributed by atoms with van der Waals surface area (Å²) < 4.78 is 16.2. The largest absolute Gasteiger partial charge is 0.493 e. The van der Waals surface area contributed by atoms with Gasteiger partial charge in [0.25, 0.3) is 0 Å². The van der Waals surface area contributed by atoms with Crippen molar-refractivity contribution in [2.24, 2.45) is 4.99 Å². The Morgan fingerprint density at radius 1 is 0.875 bits per heavy atom. The van der Waals surface area contributed by atoms with Crippen LogP contribution in [0, 0.1) is 0 Å². The quantitative estimate of drug-likeness (QED) is 0.740. The highest BCUT2D eigenvalue weighted by atomic mass is 16.5. The van der Waals surface area contributed by atoms with Crippen LogP contribution in [0.3, 0.4) is 0 Å². The highest BCUT2D eigenvalue weighted by molar-refractivity contribution is 5.83. The fraction of sp³-hybridized carbons (Fsp3) is 0.588. The van der Waals surface area contributed by atoms with Gasteiger partial charge in [-0.25, -0.2) is 0 Å². The number of hydrogen-bond donors (Lipinski definition) is 0. The van der Waals surface area contributed by atoms with Crippen LogP contribution in [0.15, 0.2) is 17.1 Å². The molecule has 7 nitrogen and oxygen atoms in total. The third kappa shape index (κ3) is 2.62. The van der Waals surface area contributed by atoms with E-state index in [2.05, 4.69) is 14.7 Å². The predicted molar refractivity (Wildman–Crippen MR) is 91.1 cm³/mol. The highest BCUT2D eigenvalue weighted by Gasteiger charge is 2.48. The molecule has 1 aromatic carbocycles. The maximum Gasteiger partial charge on any atom is 0.203 e. The third-order valence-corrected chi connectivity index (χ3v) is 4.93. The number of nitrogens with zero attached hydrogens (tertiary/aromatic N) is 4. The van der Waals surface area contributed by atoms with Crippen molar-refractivity contribution in [3.8, 4) is 17.2 Å². The van der Waals surface area contributed by atoms with Crippen molar-refractivity contribution in [3.63, 3.8) is 0 Å². The monoisotopic (exact) mass is 332 g/mol. The first-order chi connectivity index (χ1) is 11.6. The van der Waals surface area contributed by atoms with Crippen molar-refractivity contribution in [2.75, 3.05) is 61.0 Å². The van der Waals surface area contributed by atoms with Crippen LogP contribution >= 0.6 is 0 Å². The summed E-state index contributed by atoms with van der Waals surface area (Å²) in [5, 5.41) is 0. The van der Waals surface area contributed by atoms with Gasteiger partial charge in [0.1, 0.15) is 0 Å². The van der Waals surface area contributed by atoms with Crippen LogP contribution in [0.25, 0.3) is 0 Å². The summed E-state index contributed by atoms with van der Waals surface area (Å²) in [6.07, 6.45) is 1.95. The van der Waals surface area contributed by atoms with Gasteiger partial charge in [-0.3, -0.25) is 19.7 Å². The van der Waals surface area contributed by atoms with Crippen molar-refractivity contribution in [1.82, 2.24) is 14.7 Å². The molecular formula is C17H24N4O3. The molecule has 4 heterocycles. The minimum absolute atomic E-state index is 0.0326. The molecule has 4 fully saturated rings. The van der Waals surface area contributed by atoms with Gasteiger partial charge in [0, 0.05) is 25.8 Å². The first-order valence-corrected chi connectivity index (χ1v) is 8.17. The van der Waals surface area contributed by atoms with Gasteiger partial charge in [0.05, 0.1) is 46.9 Å². The molecule has 130 valence electrons. The first-order valence-electron chi connectivity index (χ1n) is 8.17. The van der Waals surface area contributed by atoms with Crippen molar-refractivity contribution >= 4 is 6.21 Å². The van der Waals surface area contributed by atoms with E-state index in [9.17, 15) is 0 Å². The number of methoxy groups -OCH3 is 3. The topological polar surface area (TPSA) is 49.8 Å². The lowest BCUT2D eigenvalue weighted by Crippen LogP contribution is -2.75. The molecule has 0 radical (unpaired) electrons. The molecule has 7 heteroatoms. The molecule has 0 amide bonds. The van der Waals surface area contributed by atoms with Gasteiger partial charge in [0.15, 0.2) is 11.5 Å². The zero-order chi connectivity index (χ0) is 16.7. The van der Waals surface area contributed by atoms with E-state index in [1.54, 1.807) is 21.3 Å². The van der Waals surface area contributed by atoms with Crippen LogP contribution in [0.4, 0.5) is 0 Å². The summed E-state index contributed by atoms with van der Waals surface area (Å²) in [5.41, 5.74) is 0.926. The lowest BCUT2D eigenvalue weighted by molar-refractivity contribution is -0.139. The van der Waals surface area contributed by atoms with Crippen LogP contribution in [0.5, 0.6) is 17.2 Å². The van der Waals surface area contributed by atoms with Crippen molar-refractivity contribution in [2.45, 2.75) is 5.54 Å². The molecule has 4 aliphatic rings. The van der Waals surface area contributed by atoms with Gasteiger partial charge in [-0.2, -0.15) is 0 Å². The normalized spacial score (nSPS) is 33.9. The van der Waals surface area contributed by atoms with Gasteiger partial charge in [0.2, 0.25) is 5.75 Å². The Kier molecular flexibility index (Phi) is 3.86. The van der Waals surface area contributed by atoms with Crippen molar-refractivity contribution < 1.29 is 14.2 Å². The van der Waals surface area contributed by atoms with Gasteiger partial charge in [-0.15, -0.1) is 0 Å². The molecular weight excluding hydrogens is 308 g/mol. The number of rotatable bonds is 5. The van der Waals surface area contributed by atoms with Crippen molar-refractivity contribution in [3.05, 3.63) is 17.7 Å². The van der Waals surface area contributed by atoms with E-state index in [0.29, 0.717) is 17.2 Å². The summed E-state index contributed by atoms with van der Waals surface area (Å²) >= 11 is 0. The van der Waals surface area contributed by atoms with Crippen LogP contribution in [0.1, 0.15) is 5.56 Å². The number of benzene rings is 1. The fourth-order valence-electron chi connectivity index (χ4n) is 4.19. The van der Waals surface area contributed by atoms with E-state index in [-0.39, 0.29) is 5.54 Å². The van der Waals surface area contributed by atoms with Crippen LogP contribution < -0.4 is 14.2 Å². The molecule has 5 rings (SSSR count). The van der Waals surface area contributed by atoms with Crippen LogP contribution in [-0.2, 0) is 0 Å². The fourth-order valence-corrected chi connectivity index (χ4v) is 4.19. The van der Waals surface area contributed by atoms with Crippen molar-refractivity contribution in [1.29, 1.82) is 0 Å². The molecule has 0 saturated carbocycles. The summed E-state index contributed by atoms with van der Waals surface area (Å²) in [7, 11) is 4.87. The van der Waals surface area contributed by atoms with Crippen LogP contribution in [0.2, 0.25) is 0 Å². The number of hydrogen-bond acceptors (Lipinski definition) is 7. The lowest BCUT2D eigenvalue weighted by atomic mass is 9.91. The average molecular weight is 332 g/mol. The molecule has 0 unspecified atom stereocenters. The Morgan fingerprint density at radius 2 is 1.38 bits per heavy atom.